The molecule has 1 aliphatic heterocycles. The summed E-state index contributed by atoms with van der Waals surface area (Å²) in [5, 5.41) is 18.4. The summed E-state index contributed by atoms with van der Waals surface area (Å²) in [6.45, 7) is 3.51. The monoisotopic (exact) mass is 538 g/mol. The van der Waals surface area contributed by atoms with Gasteiger partial charge in [-0.1, -0.05) is 38.0 Å². The number of carboxylic acid groups (broad SMARTS) is 1. The highest BCUT2D eigenvalue weighted by molar-refractivity contribution is 5.87. The zero-order valence-electron chi connectivity index (χ0n) is 22.6. The van der Waals surface area contributed by atoms with E-state index in [-0.39, 0.29) is 19.1 Å². The molecule has 0 spiro atoms. The number of hydrogen-bond donors (Lipinski definition) is 4. The van der Waals surface area contributed by atoms with E-state index in [0.717, 1.165) is 36.6 Å². The van der Waals surface area contributed by atoms with Crippen LogP contribution in [0.4, 0.5) is 10.5 Å². The van der Waals surface area contributed by atoms with Crippen molar-refractivity contribution in [2.75, 3.05) is 25.7 Å². The smallest absolute Gasteiger partial charge is 0.315 e. The minimum atomic E-state index is -1.06. The average Bonchev–Trinajstić information content (AvgIpc) is 3.63. The molecule has 0 bridgehead atoms. The molecule has 10 nitrogen and oxygen atoms in total. The Balaban J connectivity index is 1.36. The van der Waals surface area contributed by atoms with Gasteiger partial charge in [-0.2, -0.15) is 0 Å². The Bertz CT molecular complexity index is 1150. The number of anilines is 1. The molecule has 4 rings (SSSR count). The topological polar surface area (TPSA) is 129 Å². The van der Waals surface area contributed by atoms with Crippen molar-refractivity contribution in [3.8, 4) is 11.5 Å². The highest BCUT2D eigenvalue weighted by atomic mass is 16.7. The number of rotatable bonds is 14. The number of aliphatic carboxylic acids is 1. The first-order chi connectivity index (χ1) is 18.8. The molecule has 1 saturated carbocycles. The maximum atomic E-state index is 13.3. The van der Waals surface area contributed by atoms with E-state index in [1.54, 1.807) is 30.1 Å². The van der Waals surface area contributed by atoms with E-state index in [1.807, 2.05) is 31.2 Å². The fourth-order valence-electron chi connectivity index (χ4n) is 4.51. The first-order valence-electron chi connectivity index (χ1n) is 13.6. The molecule has 3 amide bonds. The van der Waals surface area contributed by atoms with Crippen LogP contribution in [-0.4, -0.2) is 54.3 Å². The van der Waals surface area contributed by atoms with Crippen molar-refractivity contribution < 1.29 is 29.0 Å². The predicted octanol–water partition coefficient (Wildman–Crippen LogP) is 4.27. The molecule has 2 aromatic carbocycles. The normalized spacial score (nSPS) is 15.2. The van der Waals surface area contributed by atoms with Gasteiger partial charge in [-0.15, -0.1) is 0 Å². The fourth-order valence-corrected chi connectivity index (χ4v) is 4.51. The second-order valence-electron chi connectivity index (χ2n) is 10.3. The Hall–Kier alpha value is -3.95. The number of benzene rings is 2. The molecule has 1 heterocycles. The predicted molar refractivity (Wildman–Crippen MR) is 147 cm³/mol. The van der Waals surface area contributed by atoms with Gasteiger partial charge in [-0.25, -0.2) is 4.79 Å². The molecule has 1 aliphatic carbocycles. The van der Waals surface area contributed by atoms with Crippen LogP contribution in [0.3, 0.4) is 0 Å². The van der Waals surface area contributed by atoms with Crippen LogP contribution >= 0.6 is 0 Å². The van der Waals surface area contributed by atoms with Gasteiger partial charge in [0.25, 0.3) is 0 Å². The second kappa shape index (κ2) is 13.2. The molecule has 10 heteroatoms. The van der Waals surface area contributed by atoms with Crippen LogP contribution in [0.15, 0.2) is 42.5 Å². The van der Waals surface area contributed by atoms with Gasteiger partial charge in [0.05, 0.1) is 12.5 Å². The molecular weight excluding hydrogens is 500 g/mol. The van der Waals surface area contributed by atoms with Gasteiger partial charge in [-0.05, 0) is 60.6 Å². The van der Waals surface area contributed by atoms with Crippen molar-refractivity contribution >= 4 is 23.6 Å². The summed E-state index contributed by atoms with van der Waals surface area (Å²) in [6, 6.07) is 10.9. The van der Waals surface area contributed by atoms with E-state index in [0.29, 0.717) is 30.0 Å². The Labute approximate surface area is 229 Å². The number of likely N-dealkylation sites (N-methyl/N-ethyl adjacent to an activating group) is 1. The number of carbonyl (C=O) groups excluding carboxylic acids is 2. The summed E-state index contributed by atoms with van der Waals surface area (Å²) >= 11 is 0. The highest BCUT2D eigenvalue weighted by Gasteiger charge is 2.27. The van der Waals surface area contributed by atoms with Crippen molar-refractivity contribution in [1.29, 1.82) is 0 Å². The number of ether oxygens (including phenoxy) is 2. The first kappa shape index (κ1) is 28.1. The molecule has 210 valence electrons. The standard InChI is InChI=1S/C29H38N4O6/c1-3-4-5-23(28(36)33(2)17-20-8-11-22(12-9-20)30-16-19-6-7-19)31-29(37)32-24(15-27(34)35)21-10-13-25-26(14-21)39-18-38-25/h8-14,19,23-24,30H,3-7,15-18H2,1-2H3,(H,34,35)(H2,31,32,37)/t23-,24-/m0/s1. The molecule has 39 heavy (non-hydrogen) atoms. The lowest BCUT2D eigenvalue weighted by Crippen LogP contribution is -2.51. The maximum absolute atomic E-state index is 13.3. The molecule has 4 N–H and O–H groups in total. The largest absolute Gasteiger partial charge is 0.481 e. The number of fused-ring (bicyclic) bond motifs is 1. The zero-order chi connectivity index (χ0) is 27.8. The van der Waals surface area contributed by atoms with Crippen LogP contribution in [0.2, 0.25) is 0 Å². The highest BCUT2D eigenvalue weighted by Crippen LogP contribution is 2.35. The van der Waals surface area contributed by atoms with E-state index < -0.39 is 24.1 Å². The summed E-state index contributed by atoms with van der Waals surface area (Å²) in [5.74, 6) is 0.580. The summed E-state index contributed by atoms with van der Waals surface area (Å²) < 4.78 is 10.7. The molecule has 0 radical (unpaired) electrons. The SMILES string of the molecule is CCCC[C@H](NC(=O)N[C@@H](CC(=O)O)c1ccc2c(c1)OCO2)C(=O)N(C)Cc1ccc(NCC2CC2)cc1. The number of hydrogen-bond acceptors (Lipinski definition) is 6. The van der Waals surface area contributed by atoms with E-state index in [1.165, 1.54) is 12.8 Å². The van der Waals surface area contributed by atoms with Gasteiger partial charge in [0.15, 0.2) is 11.5 Å². The van der Waals surface area contributed by atoms with Gasteiger partial charge in [0.2, 0.25) is 12.7 Å². The minimum Gasteiger partial charge on any atom is -0.481 e. The van der Waals surface area contributed by atoms with Crippen molar-refractivity contribution in [2.45, 2.75) is 64.1 Å². The number of carboxylic acids is 1. The third-order valence-corrected chi connectivity index (χ3v) is 6.97. The summed E-state index contributed by atoms with van der Waals surface area (Å²) in [5.41, 5.74) is 2.63. The fraction of sp³-hybridized carbons (Fsp3) is 0.483. The number of carbonyl (C=O) groups is 3. The quantitative estimate of drug-likeness (QED) is 0.283. The third kappa shape index (κ3) is 8.27. The number of urea groups is 1. The summed E-state index contributed by atoms with van der Waals surface area (Å²) in [4.78, 5) is 39.5. The first-order valence-corrected chi connectivity index (χ1v) is 13.6. The molecule has 1 fully saturated rings. The number of amides is 3. The van der Waals surface area contributed by atoms with Crippen LogP contribution in [0.25, 0.3) is 0 Å². The second-order valence-corrected chi connectivity index (χ2v) is 10.3. The van der Waals surface area contributed by atoms with E-state index in [4.69, 9.17) is 9.47 Å². The average molecular weight is 539 g/mol. The van der Waals surface area contributed by atoms with Crippen LogP contribution in [0.5, 0.6) is 11.5 Å². The maximum Gasteiger partial charge on any atom is 0.315 e. The van der Waals surface area contributed by atoms with Gasteiger partial charge in [0, 0.05) is 25.8 Å². The van der Waals surface area contributed by atoms with Gasteiger partial charge < -0.3 is 35.4 Å². The Morgan fingerprint density at radius 2 is 1.79 bits per heavy atom. The Kier molecular flexibility index (Phi) is 9.51. The molecular formula is C29H38N4O6. The van der Waals surface area contributed by atoms with Crippen LogP contribution in [-0.2, 0) is 16.1 Å². The van der Waals surface area contributed by atoms with Crippen LogP contribution in [0.1, 0.15) is 62.6 Å². The lowest BCUT2D eigenvalue weighted by molar-refractivity contribution is -0.137. The van der Waals surface area contributed by atoms with Crippen molar-refractivity contribution in [2.24, 2.45) is 5.92 Å². The van der Waals surface area contributed by atoms with E-state index in [2.05, 4.69) is 16.0 Å². The van der Waals surface area contributed by atoms with Crippen molar-refractivity contribution in [1.82, 2.24) is 15.5 Å². The molecule has 2 atom stereocenters. The van der Waals surface area contributed by atoms with Gasteiger partial charge >= 0.3 is 12.0 Å². The zero-order valence-corrected chi connectivity index (χ0v) is 22.6. The number of unbranched alkanes of at least 4 members (excludes halogenated alkanes) is 1. The Morgan fingerprint density at radius 1 is 1.05 bits per heavy atom. The van der Waals surface area contributed by atoms with Crippen molar-refractivity contribution in [3.63, 3.8) is 0 Å². The molecule has 0 saturated heterocycles. The summed E-state index contributed by atoms with van der Waals surface area (Å²) in [6.07, 6.45) is 4.36. The van der Waals surface area contributed by atoms with Crippen LogP contribution in [0, 0.1) is 5.92 Å². The minimum absolute atomic E-state index is 0.0898. The number of nitrogens with zero attached hydrogens (tertiary/aromatic N) is 1. The molecule has 0 aromatic heterocycles. The molecule has 2 aromatic rings. The van der Waals surface area contributed by atoms with Crippen molar-refractivity contribution in [3.05, 3.63) is 53.6 Å². The number of nitrogens with one attached hydrogen (secondary N) is 3. The lowest BCUT2D eigenvalue weighted by atomic mass is 10.0. The van der Waals surface area contributed by atoms with Gasteiger partial charge in [0.1, 0.15) is 6.04 Å². The molecule has 2 aliphatic rings. The van der Waals surface area contributed by atoms with Crippen LogP contribution < -0.4 is 25.4 Å². The summed E-state index contributed by atoms with van der Waals surface area (Å²) in [7, 11) is 1.72. The Morgan fingerprint density at radius 3 is 2.49 bits per heavy atom. The van der Waals surface area contributed by atoms with E-state index in [9.17, 15) is 19.5 Å². The third-order valence-electron chi connectivity index (χ3n) is 6.97. The lowest BCUT2D eigenvalue weighted by Gasteiger charge is -2.26. The van der Waals surface area contributed by atoms with E-state index >= 15 is 0 Å². The molecule has 0 unspecified atom stereocenters. The van der Waals surface area contributed by atoms with Gasteiger partial charge in [-0.3, -0.25) is 9.59 Å².